The maximum Gasteiger partial charge on any atom is 0.238 e. The first-order chi connectivity index (χ1) is 28.4. The van der Waals surface area contributed by atoms with E-state index < -0.39 is 92.6 Å². The molecular weight excluding hydrogens is 768 g/mol. The molecule has 0 aromatic heterocycles. The minimum absolute atomic E-state index is 0.0550. The lowest BCUT2D eigenvalue weighted by atomic mass is 9.93. The van der Waals surface area contributed by atoms with Crippen LogP contribution >= 0.6 is 0 Å². The number of hydrogen-bond acceptors (Lipinski definition) is 15. The van der Waals surface area contributed by atoms with Gasteiger partial charge in [-0.25, -0.2) is 0 Å². The van der Waals surface area contributed by atoms with Crippen LogP contribution in [0.25, 0.3) is 10.8 Å². The Balaban J connectivity index is 1.07. The zero-order chi connectivity index (χ0) is 42.2. The molecule has 1 amide bonds. The molecule has 13 unspecified atom stereocenters. The van der Waals surface area contributed by atoms with E-state index in [2.05, 4.69) is 5.32 Å². The van der Waals surface area contributed by atoms with Crippen LogP contribution in [0.15, 0.2) is 91.0 Å². The van der Waals surface area contributed by atoms with Crippen molar-refractivity contribution in [2.45, 2.75) is 99.4 Å². The van der Waals surface area contributed by atoms with Crippen molar-refractivity contribution in [1.82, 2.24) is 5.32 Å². The number of nitrogens with two attached hydrogens (primary N) is 1. The molecule has 6 rings (SSSR count). The van der Waals surface area contributed by atoms with Gasteiger partial charge >= 0.3 is 0 Å². The summed E-state index contributed by atoms with van der Waals surface area (Å²) in [6.45, 7) is 0.398. The lowest BCUT2D eigenvalue weighted by molar-refractivity contribution is -0.357. The molecule has 0 saturated carbocycles. The van der Waals surface area contributed by atoms with E-state index in [4.69, 9.17) is 34.2 Å². The molecule has 2 aliphatic heterocycles. The van der Waals surface area contributed by atoms with Crippen molar-refractivity contribution in [2.24, 2.45) is 5.73 Å². The summed E-state index contributed by atoms with van der Waals surface area (Å²) in [5, 5.41) is 68.9. The van der Waals surface area contributed by atoms with Crippen molar-refractivity contribution >= 4 is 23.0 Å². The van der Waals surface area contributed by atoms with Gasteiger partial charge in [0.25, 0.3) is 0 Å². The van der Waals surface area contributed by atoms with Crippen LogP contribution < -0.4 is 20.5 Å². The highest BCUT2D eigenvalue weighted by Gasteiger charge is 2.52. The molecule has 13 atom stereocenters. The molecule has 0 aliphatic carbocycles. The number of hydrogen-bond donors (Lipinski definition) is 8. The average molecular weight is 821 g/mol. The second-order valence-electron chi connectivity index (χ2n) is 14.8. The summed E-state index contributed by atoms with van der Waals surface area (Å²) < 4.78 is 34.9. The molecule has 4 aromatic carbocycles. The van der Waals surface area contributed by atoms with E-state index in [9.17, 15) is 40.2 Å². The van der Waals surface area contributed by atoms with Crippen molar-refractivity contribution in [3.05, 3.63) is 108 Å². The molecule has 2 aliphatic rings. The number of rotatable bonds is 17. The SMILES string of the molecule is COc1ccc2cc(COC3C(OC4C(CO)OC(Oc5ccc(CC(C=O)NC(=O)C(N)C(C)c6ccccc6)cc5)C(O)C4O)OC(CO)C(O)C3O)ccc2c1. The van der Waals surface area contributed by atoms with Gasteiger partial charge in [-0.3, -0.25) is 4.79 Å². The summed E-state index contributed by atoms with van der Waals surface area (Å²) in [4.78, 5) is 24.8. The van der Waals surface area contributed by atoms with Crippen LogP contribution in [0, 0.1) is 0 Å². The summed E-state index contributed by atoms with van der Waals surface area (Å²) in [5.41, 5.74) is 8.50. The predicted octanol–water partition coefficient (Wildman–Crippen LogP) is 0.433. The first kappa shape index (κ1) is 44.0. The summed E-state index contributed by atoms with van der Waals surface area (Å²) >= 11 is 0. The van der Waals surface area contributed by atoms with E-state index in [0.717, 1.165) is 16.3 Å². The van der Waals surface area contributed by atoms with Crippen LogP contribution in [0.1, 0.15) is 29.5 Å². The smallest absolute Gasteiger partial charge is 0.238 e. The number of aliphatic hydroxyl groups is 6. The van der Waals surface area contributed by atoms with Gasteiger partial charge in [-0.1, -0.05) is 67.6 Å². The molecule has 59 heavy (non-hydrogen) atoms. The fourth-order valence-corrected chi connectivity index (χ4v) is 7.19. The molecule has 0 radical (unpaired) electrons. The van der Waals surface area contributed by atoms with E-state index in [1.807, 2.05) is 73.7 Å². The van der Waals surface area contributed by atoms with E-state index in [0.29, 0.717) is 23.2 Å². The van der Waals surface area contributed by atoms with Crippen LogP contribution in [0.2, 0.25) is 0 Å². The van der Waals surface area contributed by atoms with Crippen LogP contribution in [0.5, 0.6) is 11.5 Å². The van der Waals surface area contributed by atoms with Gasteiger partial charge in [-0.15, -0.1) is 0 Å². The van der Waals surface area contributed by atoms with E-state index >= 15 is 0 Å². The van der Waals surface area contributed by atoms with Crippen LogP contribution in [-0.2, 0) is 41.6 Å². The molecule has 9 N–H and O–H groups in total. The van der Waals surface area contributed by atoms with Gasteiger partial charge in [0.2, 0.25) is 12.2 Å². The van der Waals surface area contributed by atoms with Crippen molar-refractivity contribution < 1.29 is 68.6 Å². The van der Waals surface area contributed by atoms with Gasteiger partial charge < -0.3 is 74.9 Å². The third-order valence-corrected chi connectivity index (χ3v) is 10.8. The number of carbonyl (C=O) groups excluding carboxylic acids is 2. The Morgan fingerprint density at radius 3 is 2.08 bits per heavy atom. The standard InChI is InChI=1S/C43H52N2O14/c1-23(26-6-4-3-5-7-26)34(44)41(53)45-29(19-46)17-24-9-13-30(14-10-24)56-42-38(52)37(51)39(33(21-48)58-42)59-43-40(36(50)35(49)32(20-47)57-43)55-22-25-8-11-28-18-31(54-2)15-12-27(28)16-25/h3-16,18-19,23,29,32-40,42-43,47-52H,17,20-22,44H2,1-2H3,(H,45,53). The number of aldehydes is 1. The number of ether oxygens (including phenoxy) is 6. The highest BCUT2D eigenvalue weighted by atomic mass is 16.7. The predicted molar refractivity (Wildman–Crippen MR) is 211 cm³/mol. The summed E-state index contributed by atoms with van der Waals surface area (Å²) in [6, 6.07) is 25.2. The second kappa shape index (κ2) is 20.1. The highest BCUT2D eigenvalue weighted by molar-refractivity contribution is 5.85. The normalized spacial score (nSPS) is 28.6. The highest BCUT2D eigenvalue weighted by Crippen LogP contribution is 2.32. The molecule has 16 heteroatoms. The number of amides is 1. The van der Waals surface area contributed by atoms with Gasteiger partial charge in [-0.05, 0) is 64.2 Å². The summed E-state index contributed by atoms with van der Waals surface area (Å²) in [5.74, 6) is 0.160. The number of nitrogens with one attached hydrogen (secondary N) is 1. The average Bonchev–Trinajstić information content (AvgIpc) is 3.26. The second-order valence-corrected chi connectivity index (χ2v) is 14.8. The fourth-order valence-electron chi connectivity index (χ4n) is 7.19. The molecule has 0 spiro atoms. The van der Waals surface area contributed by atoms with E-state index in [-0.39, 0.29) is 24.7 Å². The molecule has 2 saturated heterocycles. The van der Waals surface area contributed by atoms with Crippen LogP contribution in [-0.4, -0.2) is 137 Å². The topological polar surface area (TPSA) is 249 Å². The Hall–Kier alpha value is -4.56. The van der Waals surface area contributed by atoms with Gasteiger partial charge in [-0.2, -0.15) is 0 Å². The maximum atomic E-state index is 12.9. The van der Waals surface area contributed by atoms with Gasteiger partial charge in [0.1, 0.15) is 66.6 Å². The molecule has 0 bridgehead atoms. The minimum Gasteiger partial charge on any atom is -0.497 e. The number of fused-ring (bicyclic) bond motifs is 1. The maximum absolute atomic E-state index is 12.9. The van der Waals surface area contributed by atoms with Crippen LogP contribution in [0.3, 0.4) is 0 Å². The minimum atomic E-state index is -1.73. The molecule has 16 nitrogen and oxygen atoms in total. The molecule has 2 heterocycles. The molecular formula is C43H52N2O14. The summed E-state index contributed by atoms with van der Waals surface area (Å²) in [7, 11) is 1.58. The monoisotopic (exact) mass is 820 g/mol. The van der Waals surface area contributed by atoms with Gasteiger partial charge in [0, 0.05) is 5.92 Å². The Morgan fingerprint density at radius 2 is 1.41 bits per heavy atom. The first-order valence-electron chi connectivity index (χ1n) is 19.3. The number of carbonyl (C=O) groups is 2. The van der Waals surface area contributed by atoms with Gasteiger partial charge in [0.15, 0.2) is 6.29 Å². The molecule has 2 fully saturated rings. The largest absolute Gasteiger partial charge is 0.497 e. The van der Waals surface area contributed by atoms with Gasteiger partial charge in [0.05, 0.1) is 39.0 Å². The van der Waals surface area contributed by atoms with Crippen molar-refractivity contribution in [3.63, 3.8) is 0 Å². The van der Waals surface area contributed by atoms with Crippen molar-refractivity contribution in [1.29, 1.82) is 0 Å². The quantitative estimate of drug-likeness (QED) is 0.0674. The third kappa shape index (κ3) is 10.4. The Kier molecular flexibility index (Phi) is 15.0. The number of benzene rings is 4. The Morgan fingerprint density at radius 1 is 0.780 bits per heavy atom. The van der Waals surface area contributed by atoms with Crippen molar-refractivity contribution in [2.75, 3.05) is 20.3 Å². The van der Waals surface area contributed by atoms with Crippen molar-refractivity contribution in [3.8, 4) is 11.5 Å². The lowest BCUT2D eigenvalue weighted by Gasteiger charge is -2.46. The lowest BCUT2D eigenvalue weighted by Crippen LogP contribution is -2.65. The number of aliphatic hydroxyl groups excluding tert-OH is 6. The van der Waals surface area contributed by atoms with Crippen LogP contribution in [0.4, 0.5) is 0 Å². The summed E-state index contributed by atoms with van der Waals surface area (Å²) in [6.07, 6.45) is -14.2. The fraction of sp³-hybridized carbons (Fsp3) is 0.442. The van der Waals surface area contributed by atoms with E-state index in [1.54, 1.807) is 31.4 Å². The third-order valence-electron chi connectivity index (χ3n) is 10.8. The molecule has 4 aromatic rings. The molecule has 318 valence electrons. The zero-order valence-electron chi connectivity index (χ0n) is 32.6. The Bertz CT molecular complexity index is 1970. The zero-order valence-corrected chi connectivity index (χ0v) is 32.6. The van der Waals surface area contributed by atoms with E-state index in [1.165, 1.54) is 0 Å². The Labute approximate surface area is 341 Å². The number of methoxy groups -OCH3 is 1. The first-order valence-corrected chi connectivity index (χ1v) is 19.3.